The van der Waals surface area contributed by atoms with Gasteiger partial charge in [-0.05, 0) is 50.2 Å². The Balaban J connectivity index is 2.27. The maximum atomic E-state index is 11.4. The highest BCUT2D eigenvalue weighted by Gasteiger charge is 2.07. The molecule has 0 aliphatic carbocycles. The largest absolute Gasteiger partial charge is 0.295 e. The predicted octanol–water partition coefficient (Wildman–Crippen LogP) is 3.19. The molecule has 3 rings (SSSR count). The third-order valence-corrected chi connectivity index (χ3v) is 3.25. The van der Waals surface area contributed by atoms with Crippen molar-refractivity contribution in [1.82, 2.24) is 9.97 Å². The number of aromatic nitrogens is 2. The highest BCUT2D eigenvalue weighted by atomic mass is 16.1. The molecule has 4 nitrogen and oxygen atoms in total. The summed E-state index contributed by atoms with van der Waals surface area (Å²) in [6.07, 6.45) is 0. The van der Waals surface area contributed by atoms with Crippen molar-refractivity contribution in [2.45, 2.75) is 13.8 Å². The van der Waals surface area contributed by atoms with Gasteiger partial charge in [-0.3, -0.25) is 9.59 Å². The summed E-state index contributed by atoms with van der Waals surface area (Å²) in [5.74, 6) is 0.00134. The number of benzene rings is 2. The molecule has 0 unspecified atom stereocenters. The van der Waals surface area contributed by atoms with Crippen molar-refractivity contribution in [1.29, 1.82) is 0 Å². The van der Waals surface area contributed by atoms with Crippen molar-refractivity contribution >= 4 is 33.6 Å². The molecule has 0 radical (unpaired) electrons. The van der Waals surface area contributed by atoms with Crippen molar-refractivity contribution in [2.75, 3.05) is 0 Å². The first kappa shape index (κ1) is 12.4. The molecule has 1 heterocycles. The van der Waals surface area contributed by atoms with Crippen LogP contribution in [0, 0.1) is 0 Å². The Morgan fingerprint density at radius 2 is 1.10 bits per heavy atom. The van der Waals surface area contributed by atoms with Crippen LogP contribution in [0.4, 0.5) is 0 Å². The molecule has 0 amide bonds. The van der Waals surface area contributed by atoms with Crippen LogP contribution in [0.5, 0.6) is 0 Å². The topological polar surface area (TPSA) is 59.9 Å². The van der Waals surface area contributed by atoms with Gasteiger partial charge in [-0.15, -0.1) is 0 Å². The van der Waals surface area contributed by atoms with Gasteiger partial charge >= 0.3 is 0 Å². The van der Waals surface area contributed by atoms with E-state index in [1.54, 1.807) is 36.4 Å². The Bertz CT molecular complexity index is 795. The number of rotatable bonds is 2. The molecule has 0 N–H and O–H groups in total. The van der Waals surface area contributed by atoms with E-state index in [0.29, 0.717) is 33.2 Å². The summed E-state index contributed by atoms with van der Waals surface area (Å²) in [6, 6.07) is 10.5. The maximum Gasteiger partial charge on any atom is 0.159 e. The minimum absolute atomic E-state index is 0.000671. The second kappa shape index (κ2) is 4.49. The first-order valence-electron chi connectivity index (χ1n) is 6.28. The average Bonchev–Trinajstić information content (AvgIpc) is 2.43. The molecule has 98 valence electrons. The summed E-state index contributed by atoms with van der Waals surface area (Å²) in [4.78, 5) is 31.8. The SMILES string of the molecule is CC(=O)c1ccc2nc3cc(C(C)=O)ccc3nc2c1. The fourth-order valence-electron chi connectivity index (χ4n) is 2.11. The Kier molecular flexibility index (Phi) is 2.79. The summed E-state index contributed by atoms with van der Waals surface area (Å²) in [7, 11) is 0. The van der Waals surface area contributed by atoms with E-state index in [4.69, 9.17) is 0 Å². The third-order valence-electron chi connectivity index (χ3n) is 3.25. The van der Waals surface area contributed by atoms with Gasteiger partial charge in [0.2, 0.25) is 0 Å². The van der Waals surface area contributed by atoms with Crippen molar-refractivity contribution in [3.63, 3.8) is 0 Å². The molecular formula is C16H12N2O2. The first-order chi connectivity index (χ1) is 9.54. The molecule has 4 heteroatoms. The molecule has 0 bridgehead atoms. The van der Waals surface area contributed by atoms with E-state index in [1.165, 1.54) is 13.8 Å². The van der Waals surface area contributed by atoms with Crippen LogP contribution >= 0.6 is 0 Å². The second-order valence-electron chi connectivity index (χ2n) is 4.74. The summed E-state index contributed by atoms with van der Waals surface area (Å²) in [6.45, 7) is 3.05. The Hall–Kier alpha value is -2.62. The van der Waals surface area contributed by atoms with Gasteiger partial charge in [0.1, 0.15) is 0 Å². The summed E-state index contributed by atoms with van der Waals surface area (Å²) < 4.78 is 0. The summed E-state index contributed by atoms with van der Waals surface area (Å²) in [5, 5.41) is 0. The van der Waals surface area contributed by atoms with E-state index in [0.717, 1.165) is 0 Å². The van der Waals surface area contributed by atoms with E-state index < -0.39 is 0 Å². The van der Waals surface area contributed by atoms with Crippen molar-refractivity contribution < 1.29 is 9.59 Å². The number of hydrogen-bond acceptors (Lipinski definition) is 4. The summed E-state index contributed by atoms with van der Waals surface area (Å²) >= 11 is 0. The fraction of sp³-hybridized carbons (Fsp3) is 0.125. The Labute approximate surface area is 115 Å². The maximum absolute atomic E-state index is 11.4. The van der Waals surface area contributed by atoms with E-state index in [-0.39, 0.29) is 11.6 Å². The fourth-order valence-corrected chi connectivity index (χ4v) is 2.11. The number of hydrogen-bond donors (Lipinski definition) is 0. The highest BCUT2D eigenvalue weighted by Crippen LogP contribution is 2.19. The molecule has 0 atom stereocenters. The molecule has 20 heavy (non-hydrogen) atoms. The van der Waals surface area contributed by atoms with Gasteiger partial charge in [-0.2, -0.15) is 0 Å². The molecule has 0 fully saturated rings. The van der Waals surface area contributed by atoms with Crippen LogP contribution in [0.3, 0.4) is 0 Å². The standard InChI is InChI=1S/C16H12N2O2/c1-9(19)11-3-5-13-15(7-11)17-14-6-4-12(10(2)20)8-16(14)18-13/h3-8H,1-2H3. The van der Waals surface area contributed by atoms with Gasteiger partial charge in [0.15, 0.2) is 11.6 Å². The predicted molar refractivity (Wildman–Crippen MR) is 77.1 cm³/mol. The molecule has 0 aliphatic heterocycles. The zero-order chi connectivity index (χ0) is 14.3. The third kappa shape index (κ3) is 2.05. The zero-order valence-corrected chi connectivity index (χ0v) is 11.2. The highest BCUT2D eigenvalue weighted by molar-refractivity contribution is 6.00. The lowest BCUT2D eigenvalue weighted by Crippen LogP contribution is -1.96. The normalized spacial score (nSPS) is 10.9. The zero-order valence-electron chi connectivity index (χ0n) is 11.2. The van der Waals surface area contributed by atoms with Crippen LogP contribution in [-0.2, 0) is 0 Å². The lowest BCUT2D eigenvalue weighted by atomic mass is 10.1. The Morgan fingerprint density at radius 1 is 0.700 bits per heavy atom. The molecule has 3 aromatic rings. The van der Waals surface area contributed by atoms with Crippen LogP contribution < -0.4 is 0 Å². The van der Waals surface area contributed by atoms with Crippen LogP contribution in [0.25, 0.3) is 22.1 Å². The van der Waals surface area contributed by atoms with E-state index in [1.807, 2.05) is 0 Å². The number of ketones is 2. The minimum Gasteiger partial charge on any atom is -0.295 e. The number of nitrogens with zero attached hydrogens (tertiary/aromatic N) is 2. The molecule has 1 aromatic heterocycles. The summed E-state index contributed by atoms with van der Waals surface area (Å²) in [5.41, 5.74) is 4.02. The van der Waals surface area contributed by atoms with Crippen molar-refractivity contribution in [2.24, 2.45) is 0 Å². The van der Waals surface area contributed by atoms with Crippen LogP contribution in [-0.4, -0.2) is 21.5 Å². The van der Waals surface area contributed by atoms with E-state index >= 15 is 0 Å². The van der Waals surface area contributed by atoms with Crippen molar-refractivity contribution in [3.8, 4) is 0 Å². The number of Topliss-reactive ketones (excluding diaryl/α,β-unsaturated/α-hetero) is 2. The molecule has 0 saturated carbocycles. The van der Waals surface area contributed by atoms with Gasteiger partial charge in [0, 0.05) is 11.1 Å². The number of carbonyl (C=O) groups excluding carboxylic acids is 2. The molecule has 2 aromatic carbocycles. The van der Waals surface area contributed by atoms with Gasteiger partial charge in [-0.1, -0.05) is 0 Å². The molecule has 0 aliphatic rings. The van der Waals surface area contributed by atoms with E-state index in [9.17, 15) is 9.59 Å². The second-order valence-corrected chi connectivity index (χ2v) is 4.74. The molecule has 0 spiro atoms. The quantitative estimate of drug-likeness (QED) is 0.527. The number of fused-ring (bicyclic) bond motifs is 2. The van der Waals surface area contributed by atoms with Gasteiger partial charge in [-0.25, -0.2) is 9.97 Å². The van der Waals surface area contributed by atoms with E-state index in [2.05, 4.69) is 9.97 Å². The monoisotopic (exact) mass is 264 g/mol. The van der Waals surface area contributed by atoms with Gasteiger partial charge in [0.05, 0.1) is 22.1 Å². The lowest BCUT2D eigenvalue weighted by molar-refractivity contribution is 0.100. The smallest absolute Gasteiger partial charge is 0.159 e. The lowest BCUT2D eigenvalue weighted by Gasteiger charge is -2.03. The van der Waals surface area contributed by atoms with Crippen LogP contribution in [0.1, 0.15) is 34.6 Å². The molecule has 0 saturated heterocycles. The van der Waals surface area contributed by atoms with Crippen molar-refractivity contribution in [3.05, 3.63) is 47.5 Å². The Morgan fingerprint density at radius 3 is 1.45 bits per heavy atom. The molecular weight excluding hydrogens is 252 g/mol. The number of carbonyl (C=O) groups is 2. The van der Waals surface area contributed by atoms with Gasteiger partial charge in [0.25, 0.3) is 0 Å². The average molecular weight is 264 g/mol. The van der Waals surface area contributed by atoms with Crippen LogP contribution in [0.2, 0.25) is 0 Å². The minimum atomic E-state index is 0.000671. The van der Waals surface area contributed by atoms with Crippen LogP contribution in [0.15, 0.2) is 36.4 Å². The first-order valence-corrected chi connectivity index (χ1v) is 6.28. The van der Waals surface area contributed by atoms with Gasteiger partial charge < -0.3 is 0 Å².